The summed E-state index contributed by atoms with van der Waals surface area (Å²) in [6.07, 6.45) is 4.82. The Morgan fingerprint density at radius 3 is 2.78 bits per heavy atom. The lowest BCUT2D eigenvalue weighted by atomic mass is 10.1. The van der Waals surface area contributed by atoms with Crippen LogP contribution >= 0.6 is 0 Å². The number of nitrogens with zero attached hydrogens (tertiary/aromatic N) is 2. The van der Waals surface area contributed by atoms with Gasteiger partial charge in [0.15, 0.2) is 0 Å². The molecule has 0 aromatic carbocycles. The van der Waals surface area contributed by atoms with Crippen molar-refractivity contribution in [2.24, 2.45) is 5.92 Å². The first-order chi connectivity index (χ1) is 8.54. The van der Waals surface area contributed by atoms with Gasteiger partial charge >= 0.3 is 5.97 Å². The Morgan fingerprint density at radius 1 is 1.44 bits per heavy atom. The molecule has 1 heterocycles. The third kappa shape index (κ3) is 4.94. The summed E-state index contributed by atoms with van der Waals surface area (Å²) in [7, 11) is 2.07. The maximum atomic E-state index is 10.9. The minimum atomic E-state index is -0.692. The number of hydrogen-bond acceptors (Lipinski definition) is 3. The topological polar surface area (TPSA) is 43.8 Å². The maximum absolute atomic E-state index is 10.9. The Morgan fingerprint density at radius 2 is 2.17 bits per heavy atom. The standard InChI is InChI=1S/C14H28N2O2/c1-4-8-16-9-5-6-13(7-10-16)15(3)11-12(2)14(17)18/h12-13H,4-11H2,1-3H3,(H,17,18). The quantitative estimate of drug-likeness (QED) is 0.788. The van der Waals surface area contributed by atoms with Crippen LogP contribution < -0.4 is 0 Å². The third-order valence-electron chi connectivity index (χ3n) is 3.94. The lowest BCUT2D eigenvalue weighted by Crippen LogP contribution is -2.37. The van der Waals surface area contributed by atoms with E-state index in [0.29, 0.717) is 12.6 Å². The Kier molecular flexibility index (Phi) is 6.65. The second kappa shape index (κ2) is 7.74. The van der Waals surface area contributed by atoms with Crippen LogP contribution in [0.25, 0.3) is 0 Å². The monoisotopic (exact) mass is 256 g/mol. The van der Waals surface area contributed by atoms with E-state index in [0.717, 1.165) is 6.54 Å². The van der Waals surface area contributed by atoms with E-state index in [4.69, 9.17) is 5.11 Å². The van der Waals surface area contributed by atoms with Gasteiger partial charge in [-0.1, -0.05) is 13.8 Å². The Labute approximate surface area is 111 Å². The van der Waals surface area contributed by atoms with E-state index in [1.165, 1.54) is 38.8 Å². The predicted octanol–water partition coefficient (Wildman–Crippen LogP) is 1.90. The maximum Gasteiger partial charge on any atom is 0.307 e. The lowest BCUT2D eigenvalue weighted by molar-refractivity contribution is -0.141. The van der Waals surface area contributed by atoms with Crippen LogP contribution in [-0.4, -0.2) is 60.1 Å². The highest BCUT2D eigenvalue weighted by Gasteiger charge is 2.22. The number of carbonyl (C=O) groups is 1. The summed E-state index contributed by atoms with van der Waals surface area (Å²) in [4.78, 5) is 15.7. The molecule has 0 radical (unpaired) electrons. The fraction of sp³-hybridized carbons (Fsp3) is 0.929. The first-order valence-electron chi connectivity index (χ1n) is 7.20. The fourth-order valence-electron chi connectivity index (χ4n) is 2.78. The van der Waals surface area contributed by atoms with E-state index in [1.807, 2.05) is 0 Å². The van der Waals surface area contributed by atoms with Crippen molar-refractivity contribution in [1.29, 1.82) is 0 Å². The second-order valence-corrected chi connectivity index (χ2v) is 5.61. The molecule has 1 N–H and O–H groups in total. The average molecular weight is 256 g/mol. The van der Waals surface area contributed by atoms with Gasteiger partial charge in [0.25, 0.3) is 0 Å². The van der Waals surface area contributed by atoms with Gasteiger partial charge in [0, 0.05) is 12.6 Å². The number of aliphatic carboxylic acids is 1. The molecule has 0 aromatic rings. The van der Waals surface area contributed by atoms with Gasteiger partial charge in [-0.05, 0) is 52.4 Å². The highest BCUT2D eigenvalue weighted by atomic mass is 16.4. The van der Waals surface area contributed by atoms with Crippen molar-refractivity contribution in [2.75, 3.05) is 33.2 Å². The molecule has 1 fully saturated rings. The van der Waals surface area contributed by atoms with Crippen molar-refractivity contribution < 1.29 is 9.90 Å². The van der Waals surface area contributed by atoms with E-state index >= 15 is 0 Å². The van der Waals surface area contributed by atoms with E-state index < -0.39 is 5.97 Å². The van der Waals surface area contributed by atoms with Crippen molar-refractivity contribution in [1.82, 2.24) is 9.80 Å². The molecule has 0 bridgehead atoms. The van der Waals surface area contributed by atoms with Gasteiger partial charge in [0.05, 0.1) is 5.92 Å². The zero-order valence-electron chi connectivity index (χ0n) is 12.1. The molecule has 0 spiro atoms. The molecular weight excluding hydrogens is 228 g/mol. The largest absolute Gasteiger partial charge is 0.481 e. The van der Waals surface area contributed by atoms with Crippen LogP contribution in [0, 0.1) is 5.92 Å². The minimum absolute atomic E-state index is 0.273. The molecule has 1 aliphatic heterocycles. The van der Waals surface area contributed by atoms with Crippen molar-refractivity contribution in [3.63, 3.8) is 0 Å². The van der Waals surface area contributed by atoms with E-state index in [2.05, 4.69) is 23.8 Å². The number of carboxylic acid groups (broad SMARTS) is 1. The smallest absolute Gasteiger partial charge is 0.307 e. The molecule has 1 aliphatic rings. The molecule has 0 amide bonds. The molecule has 2 atom stereocenters. The van der Waals surface area contributed by atoms with Gasteiger partial charge in [-0.25, -0.2) is 0 Å². The molecule has 4 heteroatoms. The highest BCUT2D eigenvalue weighted by molar-refractivity contribution is 5.69. The molecular formula is C14H28N2O2. The molecule has 4 nitrogen and oxygen atoms in total. The highest BCUT2D eigenvalue weighted by Crippen LogP contribution is 2.17. The van der Waals surface area contributed by atoms with Gasteiger partial charge < -0.3 is 14.9 Å². The molecule has 0 aromatic heterocycles. The zero-order chi connectivity index (χ0) is 13.5. The third-order valence-corrected chi connectivity index (χ3v) is 3.94. The molecule has 18 heavy (non-hydrogen) atoms. The van der Waals surface area contributed by atoms with E-state index in [-0.39, 0.29) is 5.92 Å². The van der Waals surface area contributed by atoms with E-state index in [1.54, 1.807) is 6.92 Å². The van der Waals surface area contributed by atoms with E-state index in [9.17, 15) is 4.79 Å². The first-order valence-corrected chi connectivity index (χ1v) is 7.20. The van der Waals surface area contributed by atoms with Crippen LogP contribution in [0.15, 0.2) is 0 Å². The SMILES string of the molecule is CCCN1CCCC(N(C)CC(C)C(=O)O)CC1. The van der Waals surface area contributed by atoms with Crippen LogP contribution in [0.3, 0.4) is 0 Å². The Hall–Kier alpha value is -0.610. The van der Waals surface area contributed by atoms with Gasteiger partial charge in [-0.3, -0.25) is 4.79 Å². The number of likely N-dealkylation sites (tertiary alicyclic amines) is 1. The van der Waals surface area contributed by atoms with Crippen LogP contribution in [0.2, 0.25) is 0 Å². The molecule has 2 unspecified atom stereocenters. The lowest BCUT2D eigenvalue weighted by Gasteiger charge is -2.28. The van der Waals surface area contributed by atoms with Crippen LogP contribution in [0.5, 0.6) is 0 Å². The molecule has 1 rings (SSSR count). The summed E-state index contributed by atoms with van der Waals surface area (Å²) in [5.74, 6) is -0.965. The summed E-state index contributed by atoms with van der Waals surface area (Å²) in [5.41, 5.74) is 0. The molecule has 0 saturated carbocycles. The summed E-state index contributed by atoms with van der Waals surface area (Å²) in [5, 5.41) is 8.96. The van der Waals surface area contributed by atoms with Crippen LogP contribution in [-0.2, 0) is 4.79 Å². The average Bonchev–Trinajstić information content (AvgIpc) is 2.55. The predicted molar refractivity (Wildman–Crippen MR) is 73.8 cm³/mol. The van der Waals surface area contributed by atoms with Gasteiger partial charge in [-0.15, -0.1) is 0 Å². The van der Waals surface area contributed by atoms with Crippen molar-refractivity contribution >= 4 is 5.97 Å². The summed E-state index contributed by atoms with van der Waals surface area (Å²) in [6.45, 7) is 8.23. The molecule has 1 saturated heterocycles. The summed E-state index contributed by atoms with van der Waals surface area (Å²) < 4.78 is 0. The van der Waals surface area contributed by atoms with Gasteiger partial charge in [-0.2, -0.15) is 0 Å². The number of carboxylic acids is 1. The number of hydrogen-bond donors (Lipinski definition) is 1. The van der Waals surface area contributed by atoms with Crippen molar-refractivity contribution in [2.45, 2.75) is 45.6 Å². The minimum Gasteiger partial charge on any atom is -0.481 e. The van der Waals surface area contributed by atoms with Gasteiger partial charge in [0.1, 0.15) is 0 Å². The Bertz CT molecular complexity index is 258. The van der Waals surface area contributed by atoms with Crippen molar-refractivity contribution in [3.8, 4) is 0 Å². The Balaban J connectivity index is 2.39. The summed E-state index contributed by atoms with van der Waals surface area (Å²) in [6, 6.07) is 0.550. The molecule has 106 valence electrons. The molecule has 0 aliphatic carbocycles. The van der Waals surface area contributed by atoms with Crippen LogP contribution in [0.1, 0.15) is 39.5 Å². The summed E-state index contributed by atoms with van der Waals surface area (Å²) >= 11 is 0. The van der Waals surface area contributed by atoms with Crippen LogP contribution in [0.4, 0.5) is 0 Å². The van der Waals surface area contributed by atoms with Gasteiger partial charge in [0.2, 0.25) is 0 Å². The second-order valence-electron chi connectivity index (χ2n) is 5.61. The number of rotatable bonds is 6. The van der Waals surface area contributed by atoms with Crippen molar-refractivity contribution in [3.05, 3.63) is 0 Å². The zero-order valence-corrected chi connectivity index (χ0v) is 12.1. The normalized spacial score (nSPS) is 23.9. The first kappa shape index (κ1) is 15.4. The fourth-order valence-corrected chi connectivity index (χ4v) is 2.78.